The van der Waals surface area contributed by atoms with Crippen LogP contribution in [0.1, 0.15) is 17.3 Å². The Morgan fingerprint density at radius 3 is 3.15 bits per heavy atom. The van der Waals surface area contributed by atoms with Crippen molar-refractivity contribution in [1.82, 2.24) is 10.2 Å². The summed E-state index contributed by atoms with van der Waals surface area (Å²) in [6.45, 7) is 5.95. The van der Waals surface area contributed by atoms with Crippen molar-refractivity contribution < 1.29 is 14.6 Å². The molecule has 1 aromatic rings. The number of nitrogens with one attached hydrogen (secondary N) is 1. The van der Waals surface area contributed by atoms with Gasteiger partial charge in [-0.15, -0.1) is 0 Å². The molecule has 0 radical (unpaired) electrons. The van der Waals surface area contributed by atoms with E-state index in [0.29, 0.717) is 18.8 Å². The Labute approximate surface area is 118 Å². The van der Waals surface area contributed by atoms with Crippen molar-refractivity contribution in [1.29, 1.82) is 0 Å². The van der Waals surface area contributed by atoms with Crippen LogP contribution in [0, 0.1) is 0 Å². The number of nitrogens with two attached hydrogens (primary N) is 1. The molecule has 20 heavy (non-hydrogen) atoms. The second kappa shape index (κ2) is 6.58. The first-order valence-corrected chi connectivity index (χ1v) is 6.80. The molecule has 6 heteroatoms. The average molecular weight is 279 g/mol. The van der Waals surface area contributed by atoms with Crippen LogP contribution in [0.3, 0.4) is 0 Å². The molecule has 1 atom stereocenters. The van der Waals surface area contributed by atoms with Gasteiger partial charge in [0.05, 0.1) is 18.3 Å². The number of carbonyl (C=O) groups excluding carboxylic acids is 1. The second-order valence-electron chi connectivity index (χ2n) is 4.87. The lowest BCUT2D eigenvalue weighted by atomic mass is 10.1. The van der Waals surface area contributed by atoms with Crippen LogP contribution in [0.15, 0.2) is 18.2 Å². The number of aromatic hydroxyl groups is 1. The molecule has 1 aromatic carbocycles. The fourth-order valence-corrected chi connectivity index (χ4v) is 2.23. The SMILES string of the molecule is CCN1CCOC(CNC(=O)c2cc(O)ccc2N)C1. The van der Waals surface area contributed by atoms with Crippen LogP contribution in [0.25, 0.3) is 0 Å². The van der Waals surface area contributed by atoms with Crippen molar-refractivity contribution in [2.45, 2.75) is 13.0 Å². The number of hydrogen-bond acceptors (Lipinski definition) is 5. The number of likely N-dealkylation sites (N-methyl/N-ethyl adjacent to an activating group) is 1. The molecule has 1 aliphatic heterocycles. The molecule has 0 aromatic heterocycles. The molecular formula is C14H21N3O3. The summed E-state index contributed by atoms with van der Waals surface area (Å²) in [5, 5.41) is 12.2. The van der Waals surface area contributed by atoms with Crippen molar-refractivity contribution in [3.05, 3.63) is 23.8 Å². The number of morpholine rings is 1. The van der Waals surface area contributed by atoms with E-state index in [2.05, 4.69) is 17.1 Å². The van der Waals surface area contributed by atoms with Gasteiger partial charge in [-0.05, 0) is 24.7 Å². The van der Waals surface area contributed by atoms with E-state index in [4.69, 9.17) is 10.5 Å². The smallest absolute Gasteiger partial charge is 0.253 e. The van der Waals surface area contributed by atoms with E-state index in [9.17, 15) is 9.90 Å². The van der Waals surface area contributed by atoms with Crippen molar-refractivity contribution in [2.24, 2.45) is 0 Å². The lowest BCUT2D eigenvalue weighted by Crippen LogP contribution is -2.47. The van der Waals surface area contributed by atoms with Gasteiger partial charge in [-0.1, -0.05) is 6.92 Å². The van der Waals surface area contributed by atoms with E-state index in [1.165, 1.54) is 18.2 Å². The number of hydrogen-bond donors (Lipinski definition) is 3. The molecule has 0 aliphatic carbocycles. The summed E-state index contributed by atoms with van der Waals surface area (Å²) in [5.41, 5.74) is 6.36. The van der Waals surface area contributed by atoms with Crippen LogP contribution in [-0.4, -0.2) is 54.8 Å². The molecule has 0 spiro atoms. The Balaban J connectivity index is 1.90. The van der Waals surface area contributed by atoms with Crippen LogP contribution >= 0.6 is 0 Å². The van der Waals surface area contributed by atoms with Crippen LogP contribution in [0.2, 0.25) is 0 Å². The fourth-order valence-electron chi connectivity index (χ4n) is 2.23. The van der Waals surface area contributed by atoms with Gasteiger partial charge in [0.1, 0.15) is 5.75 Å². The maximum atomic E-state index is 12.0. The third-order valence-electron chi connectivity index (χ3n) is 3.44. The quantitative estimate of drug-likeness (QED) is 0.549. The lowest BCUT2D eigenvalue weighted by molar-refractivity contribution is -0.0246. The zero-order valence-corrected chi connectivity index (χ0v) is 11.6. The molecule has 4 N–H and O–H groups in total. The molecule has 1 saturated heterocycles. The van der Waals surface area contributed by atoms with Gasteiger partial charge in [0, 0.05) is 25.3 Å². The minimum Gasteiger partial charge on any atom is -0.508 e. The summed E-state index contributed by atoms with van der Waals surface area (Å²) in [6.07, 6.45) is -0.00816. The summed E-state index contributed by atoms with van der Waals surface area (Å²) in [4.78, 5) is 14.3. The minimum atomic E-state index is -0.296. The second-order valence-corrected chi connectivity index (χ2v) is 4.87. The molecule has 1 fully saturated rings. The third-order valence-corrected chi connectivity index (χ3v) is 3.44. The minimum absolute atomic E-state index is 0.00816. The Kier molecular flexibility index (Phi) is 4.81. The largest absolute Gasteiger partial charge is 0.508 e. The zero-order valence-electron chi connectivity index (χ0n) is 11.6. The highest BCUT2D eigenvalue weighted by Gasteiger charge is 2.20. The first-order chi connectivity index (χ1) is 9.60. The number of nitrogen functional groups attached to an aromatic ring is 1. The van der Waals surface area contributed by atoms with Gasteiger partial charge in [0.25, 0.3) is 5.91 Å². The summed E-state index contributed by atoms with van der Waals surface area (Å²) < 4.78 is 5.61. The molecular weight excluding hydrogens is 258 g/mol. The molecule has 2 rings (SSSR count). The number of amides is 1. The normalized spacial score (nSPS) is 19.8. The summed E-state index contributed by atoms with van der Waals surface area (Å²) >= 11 is 0. The summed E-state index contributed by atoms with van der Waals surface area (Å²) in [6, 6.07) is 4.33. The van der Waals surface area contributed by atoms with Gasteiger partial charge < -0.3 is 20.9 Å². The maximum Gasteiger partial charge on any atom is 0.253 e. The summed E-state index contributed by atoms with van der Waals surface area (Å²) in [7, 11) is 0. The number of anilines is 1. The van der Waals surface area contributed by atoms with Crippen LogP contribution in [0.4, 0.5) is 5.69 Å². The maximum absolute atomic E-state index is 12.0. The number of carbonyl (C=O) groups is 1. The number of nitrogens with zero attached hydrogens (tertiary/aromatic N) is 1. The van der Waals surface area contributed by atoms with E-state index in [-0.39, 0.29) is 23.3 Å². The van der Waals surface area contributed by atoms with E-state index >= 15 is 0 Å². The Hall–Kier alpha value is -1.79. The standard InChI is InChI=1S/C14H21N3O3/c1-2-17-5-6-20-11(9-17)8-16-14(19)12-7-10(18)3-4-13(12)15/h3-4,7,11,18H,2,5-6,8-9,15H2,1H3,(H,16,19). The Morgan fingerprint density at radius 2 is 2.40 bits per heavy atom. The van der Waals surface area contributed by atoms with E-state index in [0.717, 1.165) is 19.6 Å². The molecule has 0 bridgehead atoms. The fraction of sp³-hybridized carbons (Fsp3) is 0.500. The first-order valence-electron chi connectivity index (χ1n) is 6.80. The predicted molar refractivity (Wildman–Crippen MR) is 76.7 cm³/mol. The predicted octanol–water partition coefficient (Wildman–Crippen LogP) is 0.425. The highest BCUT2D eigenvalue weighted by molar-refractivity contribution is 5.99. The van der Waals surface area contributed by atoms with Gasteiger partial charge in [-0.25, -0.2) is 0 Å². The van der Waals surface area contributed by atoms with Gasteiger partial charge >= 0.3 is 0 Å². The van der Waals surface area contributed by atoms with Gasteiger partial charge in [-0.2, -0.15) is 0 Å². The highest BCUT2D eigenvalue weighted by atomic mass is 16.5. The number of ether oxygens (including phenoxy) is 1. The van der Waals surface area contributed by atoms with Crippen LogP contribution in [-0.2, 0) is 4.74 Å². The molecule has 1 heterocycles. The third kappa shape index (κ3) is 3.61. The molecule has 1 amide bonds. The first kappa shape index (κ1) is 14.6. The number of phenols is 1. The van der Waals surface area contributed by atoms with Crippen molar-refractivity contribution in [3.63, 3.8) is 0 Å². The molecule has 6 nitrogen and oxygen atoms in total. The molecule has 1 aliphatic rings. The monoisotopic (exact) mass is 279 g/mol. The van der Waals surface area contributed by atoms with Crippen LogP contribution in [0.5, 0.6) is 5.75 Å². The Bertz CT molecular complexity index is 479. The van der Waals surface area contributed by atoms with Gasteiger partial charge in [0.2, 0.25) is 0 Å². The van der Waals surface area contributed by atoms with Gasteiger partial charge in [0.15, 0.2) is 0 Å². The van der Waals surface area contributed by atoms with E-state index in [1.807, 2.05) is 0 Å². The lowest BCUT2D eigenvalue weighted by Gasteiger charge is -2.32. The number of benzene rings is 1. The van der Waals surface area contributed by atoms with E-state index < -0.39 is 0 Å². The summed E-state index contributed by atoms with van der Waals surface area (Å²) in [5.74, 6) is -0.272. The van der Waals surface area contributed by atoms with Crippen molar-refractivity contribution >= 4 is 11.6 Å². The van der Waals surface area contributed by atoms with Crippen molar-refractivity contribution in [3.8, 4) is 5.75 Å². The van der Waals surface area contributed by atoms with Crippen molar-refractivity contribution in [2.75, 3.05) is 38.5 Å². The molecule has 0 saturated carbocycles. The Morgan fingerprint density at radius 1 is 1.60 bits per heavy atom. The highest BCUT2D eigenvalue weighted by Crippen LogP contribution is 2.18. The zero-order chi connectivity index (χ0) is 14.5. The van der Waals surface area contributed by atoms with Gasteiger partial charge in [-0.3, -0.25) is 9.69 Å². The van der Waals surface area contributed by atoms with Crippen LogP contribution < -0.4 is 11.1 Å². The topological polar surface area (TPSA) is 87.8 Å². The van der Waals surface area contributed by atoms with E-state index in [1.54, 1.807) is 0 Å². The average Bonchev–Trinajstić information content (AvgIpc) is 2.47. The molecule has 110 valence electrons. The molecule has 1 unspecified atom stereocenters. The number of rotatable bonds is 4. The number of phenolic OH excluding ortho intramolecular Hbond substituents is 1.